The van der Waals surface area contributed by atoms with Crippen LogP contribution in [0.1, 0.15) is 58.4 Å². The summed E-state index contributed by atoms with van der Waals surface area (Å²) in [6.07, 6.45) is 1.85. The molecule has 0 aromatic heterocycles. The van der Waals surface area contributed by atoms with Crippen LogP contribution in [0.3, 0.4) is 0 Å². The molecule has 5 rings (SSSR count). The van der Waals surface area contributed by atoms with Crippen LogP contribution >= 0.6 is 31.9 Å². The van der Waals surface area contributed by atoms with E-state index in [4.69, 9.17) is 18.9 Å². The van der Waals surface area contributed by atoms with Crippen LogP contribution in [0.4, 0.5) is 0 Å². The third-order valence-corrected chi connectivity index (χ3v) is 8.62. The zero-order chi connectivity index (χ0) is 31.1. The highest BCUT2D eigenvalue weighted by Crippen LogP contribution is 2.39. The van der Waals surface area contributed by atoms with Crippen LogP contribution in [0.2, 0.25) is 0 Å². The highest BCUT2D eigenvalue weighted by molar-refractivity contribution is 9.10. The van der Waals surface area contributed by atoms with Gasteiger partial charge in [0, 0.05) is 47.8 Å². The lowest BCUT2D eigenvalue weighted by molar-refractivity contribution is 0.109. The average molecular weight is 727 g/mol. The summed E-state index contributed by atoms with van der Waals surface area (Å²) >= 11 is 7.38. The summed E-state index contributed by atoms with van der Waals surface area (Å²) in [4.78, 5) is 0. The van der Waals surface area contributed by atoms with E-state index in [0.29, 0.717) is 65.3 Å². The van der Waals surface area contributed by atoms with Crippen molar-refractivity contribution in [3.05, 3.63) is 114 Å². The van der Waals surface area contributed by atoms with Crippen LogP contribution in [0, 0.1) is 0 Å². The van der Waals surface area contributed by atoms with Crippen LogP contribution in [0.25, 0.3) is 0 Å². The van der Waals surface area contributed by atoms with Gasteiger partial charge in [0.1, 0.15) is 36.2 Å². The molecule has 0 unspecified atom stereocenters. The number of hydrogen-bond donors (Lipinski definition) is 2. The van der Waals surface area contributed by atoms with Gasteiger partial charge in [-0.05, 0) is 82.6 Å². The first-order chi connectivity index (χ1) is 21.4. The molecule has 8 heteroatoms. The molecule has 0 aliphatic heterocycles. The van der Waals surface area contributed by atoms with Crippen LogP contribution in [0.15, 0.2) is 69.6 Å². The van der Waals surface area contributed by atoms with E-state index >= 15 is 0 Å². The van der Waals surface area contributed by atoms with E-state index in [1.165, 1.54) is 0 Å². The molecule has 0 heterocycles. The Kier molecular flexibility index (Phi) is 11.3. The van der Waals surface area contributed by atoms with Crippen molar-refractivity contribution in [2.24, 2.45) is 0 Å². The van der Waals surface area contributed by atoms with Crippen molar-refractivity contribution in [3.8, 4) is 23.0 Å². The minimum Gasteiger partial charge on any atom is -0.507 e. The summed E-state index contributed by atoms with van der Waals surface area (Å²) in [5.74, 6) is 2.00. The largest absolute Gasteiger partial charge is 0.507 e. The normalized spacial score (nSPS) is 12.6. The van der Waals surface area contributed by atoms with Crippen molar-refractivity contribution < 1.29 is 29.2 Å². The highest BCUT2D eigenvalue weighted by Gasteiger charge is 2.21. The summed E-state index contributed by atoms with van der Waals surface area (Å²) in [6, 6.07) is 20.0. The van der Waals surface area contributed by atoms with Gasteiger partial charge in [-0.25, -0.2) is 0 Å². The molecule has 4 aromatic rings. The van der Waals surface area contributed by atoms with Crippen molar-refractivity contribution in [3.63, 3.8) is 0 Å². The molecule has 232 valence electrons. The van der Waals surface area contributed by atoms with Crippen molar-refractivity contribution in [2.75, 3.05) is 39.6 Å². The van der Waals surface area contributed by atoms with Crippen molar-refractivity contribution in [1.29, 1.82) is 0 Å². The number of para-hydroxylation sites is 2. The van der Waals surface area contributed by atoms with E-state index < -0.39 is 0 Å². The monoisotopic (exact) mass is 724 g/mol. The van der Waals surface area contributed by atoms with Gasteiger partial charge in [0.05, 0.1) is 13.2 Å². The first-order valence-corrected chi connectivity index (χ1v) is 16.6. The van der Waals surface area contributed by atoms with Gasteiger partial charge in [-0.1, -0.05) is 68.3 Å². The lowest BCUT2D eigenvalue weighted by atomic mass is 9.91. The Labute approximate surface area is 276 Å². The maximum Gasteiger partial charge on any atom is 0.126 e. The summed E-state index contributed by atoms with van der Waals surface area (Å²) in [5, 5.41) is 23.2. The lowest BCUT2D eigenvalue weighted by Crippen LogP contribution is -2.11. The number of phenols is 2. The van der Waals surface area contributed by atoms with Gasteiger partial charge in [0.25, 0.3) is 0 Å². The van der Waals surface area contributed by atoms with E-state index in [-0.39, 0.29) is 11.5 Å². The fraction of sp³-hybridized carbons (Fsp3) is 0.333. The fourth-order valence-corrected chi connectivity index (χ4v) is 6.80. The molecule has 0 saturated heterocycles. The van der Waals surface area contributed by atoms with Gasteiger partial charge >= 0.3 is 0 Å². The number of benzene rings is 4. The summed E-state index contributed by atoms with van der Waals surface area (Å²) in [6.45, 7) is 6.87. The molecule has 1 aliphatic carbocycles. The number of halogens is 2. The molecule has 0 saturated carbocycles. The second-order valence-corrected chi connectivity index (χ2v) is 12.6. The van der Waals surface area contributed by atoms with Crippen LogP contribution < -0.4 is 9.47 Å². The van der Waals surface area contributed by atoms with Crippen LogP contribution in [-0.4, -0.2) is 49.9 Å². The Morgan fingerprint density at radius 2 is 0.841 bits per heavy atom. The molecular weight excluding hydrogens is 688 g/mol. The summed E-state index contributed by atoms with van der Waals surface area (Å²) in [5.41, 5.74) is 6.94. The Balaban J connectivity index is 1.67. The molecule has 8 bridgehead atoms. The molecular formula is C36H38Br2O6. The predicted molar refractivity (Wildman–Crippen MR) is 180 cm³/mol. The molecule has 6 nitrogen and oxygen atoms in total. The van der Waals surface area contributed by atoms with E-state index in [1.54, 1.807) is 0 Å². The molecule has 0 radical (unpaired) electrons. The van der Waals surface area contributed by atoms with Crippen LogP contribution in [-0.2, 0) is 35.2 Å². The Morgan fingerprint density at radius 3 is 1.14 bits per heavy atom. The first kappa shape index (κ1) is 32.4. The van der Waals surface area contributed by atoms with Gasteiger partial charge in [-0.3, -0.25) is 0 Å². The highest BCUT2D eigenvalue weighted by atomic mass is 79.9. The van der Waals surface area contributed by atoms with Crippen molar-refractivity contribution in [1.82, 2.24) is 0 Å². The molecule has 0 spiro atoms. The van der Waals surface area contributed by atoms with Crippen molar-refractivity contribution in [2.45, 2.75) is 39.5 Å². The topological polar surface area (TPSA) is 77.4 Å². The molecule has 4 aromatic carbocycles. The number of rotatable bonds is 10. The van der Waals surface area contributed by atoms with Gasteiger partial charge < -0.3 is 29.2 Å². The fourth-order valence-electron chi connectivity index (χ4n) is 5.69. The van der Waals surface area contributed by atoms with Gasteiger partial charge in [-0.15, -0.1) is 0 Å². The molecule has 1 aliphatic rings. The summed E-state index contributed by atoms with van der Waals surface area (Å²) in [7, 11) is 0. The van der Waals surface area contributed by atoms with Gasteiger partial charge in [0.2, 0.25) is 0 Å². The van der Waals surface area contributed by atoms with Gasteiger partial charge in [-0.2, -0.15) is 0 Å². The zero-order valence-corrected chi connectivity index (χ0v) is 28.3. The molecule has 0 fully saturated rings. The molecule has 44 heavy (non-hydrogen) atoms. The lowest BCUT2D eigenvalue weighted by Gasteiger charge is -2.21. The predicted octanol–water partition coefficient (Wildman–Crippen LogP) is 8.13. The van der Waals surface area contributed by atoms with E-state index in [2.05, 4.69) is 31.9 Å². The third-order valence-electron chi connectivity index (χ3n) is 7.70. The quantitative estimate of drug-likeness (QED) is 0.142. The van der Waals surface area contributed by atoms with Gasteiger partial charge in [0.15, 0.2) is 0 Å². The number of aromatic hydroxyl groups is 2. The number of fused-ring (bicyclic) bond motifs is 8. The Hall–Kier alpha value is -3.04. The minimum atomic E-state index is 0.253. The number of ether oxygens (including phenoxy) is 4. The maximum absolute atomic E-state index is 11.6. The summed E-state index contributed by atoms with van der Waals surface area (Å²) < 4.78 is 25.6. The zero-order valence-electron chi connectivity index (χ0n) is 25.1. The first-order valence-electron chi connectivity index (χ1n) is 15.0. The second kappa shape index (κ2) is 15.3. The maximum atomic E-state index is 11.6. The molecule has 0 amide bonds. The Morgan fingerprint density at radius 1 is 0.523 bits per heavy atom. The average Bonchev–Trinajstić information content (AvgIpc) is 2.99. The standard InChI is InChI=1S/C36H38Br2O6/c1-3-41-11-13-43-35-23-7-5-8-24(35)16-28-20-32(38)22-30(34(28)40)18-26-10-6-9-25(36(26)44-14-12-42-4-2)17-29-21-31(37)19-27(15-23)33(29)39/h5-10,19-22,39-40H,3-4,11-18H2,1-2H3. The minimum absolute atomic E-state index is 0.253. The molecule has 0 atom stereocenters. The van der Waals surface area contributed by atoms with E-state index in [0.717, 1.165) is 65.0 Å². The smallest absolute Gasteiger partial charge is 0.126 e. The number of phenolic OH excluding ortho intramolecular Hbond substituents is 2. The number of hydrogen-bond acceptors (Lipinski definition) is 6. The van der Waals surface area contributed by atoms with E-state index in [9.17, 15) is 10.2 Å². The second-order valence-electron chi connectivity index (χ2n) is 10.8. The van der Waals surface area contributed by atoms with Crippen LogP contribution in [0.5, 0.6) is 23.0 Å². The molecule has 2 N–H and O–H groups in total. The van der Waals surface area contributed by atoms with Crippen molar-refractivity contribution >= 4 is 31.9 Å². The third kappa shape index (κ3) is 7.78. The SMILES string of the molecule is CCOCCOc1c2cccc1Cc1cc(Br)cc(c1O)Cc1cccc(c1OCCOCC)Cc1cc(Br)cc(c1O)C2. The Bertz CT molecular complexity index is 1390. The van der Waals surface area contributed by atoms with E-state index in [1.807, 2.05) is 74.5 Å².